The first-order valence-electron chi connectivity index (χ1n) is 5.53. The standard InChI is InChI=1S/C13H13ClN2O2/c1-18-13(17)10(9-5-3-2-4-6-9)7-12-11(14)8-15-16-12/h2-6,8,10H,7H2,1H3,(H,15,16). The summed E-state index contributed by atoms with van der Waals surface area (Å²) in [6.45, 7) is 0. The molecule has 1 atom stereocenters. The van der Waals surface area contributed by atoms with Crippen LogP contribution in [0, 0.1) is 0 Å². The highest BCUT2D eigenvalue weighted by molar-refractivity contribution is 6.31. The number of ether oxygens (including phenoxy) is 1. The number of rotatable bonds is 4. The summed E-state index contributed by atoms with van der Waals surface area (Å²) in [5.74, 6) is -0.666. The van der Waals surface area contributed by atoms with E-state index in [2.05, 4.69) is 10.2 Å². The molecule has 0 aliphatic heterocycles. The predicted octanol–water partition coefficient (Wildman–Crippen LogP) is 2.56. The molecule has 2 rings (SSSR count). The fourth-order valence-electron chi connectivity index (χ4n) is 1.81. The monoisotopic (exact) mass is 264 g/mol. The third kappa shape index (κ3) is 2.71. The van der Waals surface area contributed by atoms with Gasteiger partial charge in [0.05, 0.1) is 29.9 Å². The van der Waals surface area contributed by atoms with Gasteiger partial charge in [-0.05, 0) is 5.56 Å². The molecule has 5 heteroatoms. The molecule has 18 heavy (non-hydrogen) atoms. The van der Waals surface area contributed by atoms with Gasteiger partial charge in [0.25, 0.3) is 0 Å². The molecule has 0 saturated heterocycles. The van der Waals surface area contributed by atoms with Crippen LogP contribution in [0.25, 0.3) is 0 Å². The first-order valence-corrected chi connectivity index (χ1v) is 5.90. The number of H-pyrrole nitrogens is 1. The van der Waals surface area contributed by atoms with Crippen LogP contribution in [-0.2, 0) is 16.0 Å². The maximum absolute atomic E-state index is 11.9. The third-order valence-electron chi connectivity index (χ3n) is 2.76. The summed E-state index contributed by atoms with van der Waals surface area (Å²) in [6.07, 6.45) is 1.96. The molecule has 1 aromatic carbocycles. The second-order valence-electron chi connectivity index (χ2n) is 3.89. The van der Waals surface area contributed by atoms with Crippen molar-refractivity contribution in [3.63, 3.8) is 0 Å². The molecule has 1 aromatic heterocycles. The van der Waals surface area contributed by atoms with Crippen LogP contribution in [0.2, 0.25) is 5.02 Å². The molecule has 0 aliphatic rings. The Hall–Kier alpha value is -1.81. The topological polar surface area (TPSA) is 55.0 Å². The predicted molar refractivity (Wildman–Crippen MR) is 68.5 cm³/mol. The van der Waals surface area contributed by atoms with Crippen LogP contribution >= 0.6 is 11.6 Å². The van der Waals surface area contributed by atoms with Gasteiger partial charge in [-0.15, -0.1) is 0 Å². The SMILES string of the molecule is COC(=O)C(Cc1[nH]ncc1Cl)c1ccccc1. The molecule has 0 spiro atoms. The zero-order chi connectivity index (χ0) is 13.0. The van der Waals surface area contributed by atoms with E-state index in [1.807, 2.05) is 30.3 Å². The maximum Gasteiger partial charge on any atom is 0.313 e. The molecule has 0 radical (unpaired) electrons. The third-order valence-corrected chi connectivity index (χ3v) is 3.09. The van der Waals surface area contributed by atoms with Gasteiger partial charge in [-0.3, -0.25) is 9.89 Å². The van der Waals surface area contributed by atoms with Crippen LogP contribution in [-0.4, -0.2) is 23.3 Å². The Morgan fingerprint density at radius 1 is 1.44 bits per heavy atom. The number of esters is 1. The molecule has 1 N–H and O–H groups in total. The summed E-state index contributed by atoms with van der Waals surface area (Å²) in [4.78, 5) is 11.9. The summed E-state index contributed by atoms with van der Waals surface area (Å²) < 4.78 is 4.84. The first-order chi connectivity index (χ1) is 8.72. The Bertz CT molecular complexity index is 525. The number of benzene rings is 1. The van der Waals surface area contributed by atoms with Gasteiger partial charge in [0, 0.05) is 6.42 Å². The van der Waals surface area contributed by atoms with Gasteiger partial charge >= 0.3 is 5.97 Å². The Balaban J connectivity index is 2.27. The van der Waals surface area contributed by atoms with Crippen molar-refractivity contribution >= 4 is 17.6 Å². The quantitative estimate of drug-likeness (QED) is 0.864. The minimum absolute atomic E-state index is 0.285. The van der Waals surface area contributed by atoms with Gasteiger partial charge in [-0.25, -0.2) is 0 Å². The number of carbonyl (C=O) groups is 1. The number of methoxy groups -OCH3 is 1. The Morgan fingerprint density at radius 3 is 2.72 bits per heavy atom. The van der Waals surface area contributed by atoms with Crippen LogP contribution < -0.4 is 0 Å². The summed E-state index contributed by atoms with van der Waals surface area (Å²) in [7, 11) is 1.38. The second-order valence-corrected chi connectivity index (χ2v) is 4.29. The van der Waals surface area contributed by atoms with Crippen LogP contribution in [0.5, 0.6) is 0 Å². The Morgan fingerprint density at radius 2 is 2.17 bits per heavy atom. The normalized spacial score (nSPS) is 12.1. The van der Waals surface area contributed by atoms with Crippen molar-refractivity contribution in [3.8, 4) is 0 Å². The van der Waals surface area contributed by atoms with Gasteiger partial charge in [0.1, 0.15) is 0 Å². The molecule has 0 saturated carbocycles. The van der Waals surface area contributed by atoms with Gasteiger partial charge in [0.2, 0.25) is 0 Å². The van der Waals surface area contributed by atoms with Crippen LogP contribution in [0.4, 0.5) is 0 Å². The molecular formula is C13H13ClN2O2. The lowest BCUT2D eigenvalue weighted by atomic mass is 9.94. The summed E-state index contributed by atoms with van der Waals surface area (Å²) in [5.41, 5.74) is 1.63. The molecule has 1 heterocycles. The smallest absolute Gasteiger partial charge is 0.313 e. The van der Waals surface area contributed by atoms with E-state index >= 15 is 0 Å². The van der Waals surface area contributed by atoms with E-state index in [4.69, 9.17) is 16.3 Å². The molecule has 4 nitrogen and oxygen atoms in total. The highest BCUT2D eigenvalue weighted by Gasteiger charge is 2.23. The minimum Gasteiger partial charge on any atom is -0.469 e. The molecule has 1 unspecified atom stereocenters. The van der Waals surface area contributed by atoms with Crippen molar-refractivity contribution in [2.75, 3.05) is 7.11 Å². The molecule has 2 aromatic rings. The van der Waals surface area contributed by atoms with E-state index < -0.39 is 0 Å². The van der Waals surface area contributed by atoms with Crippen LogP contribution in [0.3, 0.4) is 0 Å². The number of hydrogen-bond acceptors (Lipinski definition) is 3. The summed E-state index contributed by atoms with van der Waals surface area (Å²) >= 11 is 5.97. The molecule has 0 amide bonds. The van der Waals surface area contributed by atoms with Gasteiger partial charge in [-0.1, -0.05) is 41.9 Å². The number of hydrogen-bond donors (Lipinski definition) is 1. The molecule has 0 bridgehead atoms. The van der Waals surface area contributed by atoms with Crippen molar-refractivity contribution in [3.05, 3.63) is 52.8 Å². The average Bonchev–Trinajstić information content (AvgIpc) is 2.81. The van der Waals surface area contributed by atoms with E-state index in [0.717, 1.165) is 11.3 Å². The molecular weight excluding hydrogens is 252 g/mol. The minimum atomic E-state index is -0.380. The maximum atomic E-state index is 11.9. The van der Waals surface area contributed by atoms with E-state index in [1.54, 1.807) is 0 Å². The van der Waals surface area contributed by atoms with Gasteiger partial charge in [-0.2, -0.15) is 5.10 Å². The van der Waals surface area contributed by atoms with Crippen LogP contribution in [0.15, 0.2) is 36.5 Å². The van der Waals surface area contributed by atoms with Gasteiger partial charge in [0.15, 0.2) is 0 Å². The molecule has 0 aliphatic carbocycles. The first kappa shape index (κ1) is 12.6. The number of aromatic nitrogens is 2. The number of nitrogens with zero attached hydrogens (tertiary/aromatic N) is 1. The van der Waals surface area contributed by atoms with Crippen LogP contribution in [0.1, 0.15) is 17.2 Å². The largest absolute Gasteiger partial charge is 0.469 e. The average molecular weight is 265 g/mol. The zero-order valence-electron chi connectivity index (χ0n) is 9.89. The second kappa shape index (κ2) is 5.69. The zero-order valence-corrected chi connectivity index (χ0v) is 10.6. The lowest BCUT2D eigenvalue weighted by Gasteiger charge is -2.14. The van der Waals surface area contributed by atoms with Crippen molar-refractivity contribution in [2.45, 2.75) is 12.3 Å². The van der Waals surface area contributed by atoms with E-state index in [-0.39, 0.29) is 11.9 Å². The lowest BCUT2D eigenvalue weighted by molar-refractivity contribution is -0.142. The number of nitrogens with one attached hydrogen (secondary N) is 1. The van der Waals surface area contributed by atoms with E-state index in [9.17, 15) is 4.79 Å². The van der Waals surface area contributed by atoms with Crippen molar-refractivity contribution < 1.29 is 9.53 Å². The fourth-order valence-corrected chi connectivity index (χ4v) is 1.98. The Kier molecular flexibility index (Phi) is 3.99. The van der Waals surface area contributed by atoms with E-state index in [1.165, 1.54) is 13.3 Å². The number of carbonyl (C=O) groups excluding carboxylic acids is 1. The van der Waals surface area contributed by atoms with Crippen molar-refractivity contribution in [2.24, 2.45) is 0 Å². The lowest BCUT2D eigenvalue weighted by Crippen LogP contribution is -2.17. The summed E-state index contributed by atoms with van der Waals surface area (Å²) in [5, 5.41) is 7.17. The van der Waals surface area contributed by atoms with Gasteiger partial charge < -0.3 is 4.74 Å². The van der Waals surface area contributed by atoms with Crippen molar-refractivity contribution in [1.29, 1.82) is 0 Å². The number of aromatic amines is 1. The highest BCUT2D eigenvalue weighted by Crippen LogP contribution is 2.24. The molecule has 94 valence electrons. The van der Waals surface area contributed by atoms with E-state index in [0.29, 0.717) is 11.4 Å². The molecule has 0 fully saturated rings. The van der Waals surface area contributed by atoms with Crippen molar-refractivity contribution in [1.82, 2.24) is 10.2 Å². The fraction of sp³-hybridized carbons (Fsp3) is 0.231. The number of halogens is 1. The Labute approximate surface area is 110 Å². The highest BCUT2D eigenvalue weighted by atomic mass is 35.5. The summed E-state index contributed by atoms with van der Waals surface area (Å²) in [6, 6.07) is 9.47.